The van der Waals surface area contributed by atoms with E-state index >= 15 is 0 Å². The standard InChI is InChI=1S/C14H19NO2/c1-11-8-9-14(16)15(11)10-17-12(2)13-6-4-3-5-7-13/h3-7,11-12H,8-10H2,1-2H3/t11-,12+/m1/s1. The SMILES string of the molecule is C[C@H](OCN1C(=O)CC[C@H]1C)c1ccccc1. The van der Waals surface area contributed by atoms with Gasteiger partial charge in [0.1, 0.15) is 6.73 Å². The van der Waals surface area contributed by atoms with Gasteiger partial charge in [0.2, 0.25) is 5.91 Å². The maximum atomic E-state index is 11.6. The van der Waals surface area contributed by atoms with Gasteiger partial charge in [0, 0.05) is 12.5 Å². The molecule has 1 fully saturated rings. The minimum absolute atomic E-state index is 0.0248. The maximum Gasteiger partial charge on any atom is 0.224 e. The van der Waals surface area contributed by atoms with Crippen LogP contribution in [0.4, 0.5) is 0 Å². The number of benzene rings is 1. The van der Waals surface area contributed by atoms with Crippen molar-refractivity contribution in [2.45, 2.75) is 38.8 Å². The summed E-state index contributed by atoms with van der Waals surface area (Å²) in [5.74, 6) is 0.206. The number of carbonyl (C=O) groups is 1. The topological polar surface area (TPSA) is 29.5 Å². The van der Waals surface area contributed by atoms with E-state index in [0.29, 0.717) is 19.2 Å². The Labute approximate surface area is 102 Å². The first-order valence-corrected chi connectivity index (χ1v) is 6.14. The quantitative estimate of drug-likeness (QED) is 0.800. The molecular formula is C14H19NO2. The molecule has 92 valence electrons. The molecule has 1 saturated heterocycles. The Bertz CT molecular complexity index is 377. The number of rotatable bonds is 4. The highest BCUT2D eigenvalue weighted by Crippen LogP contribution is 2.21. The highest BCUT2D eigenvalue weighted by Gasteiger charge is 2.27. The summed E-state index contributed by atoms with van der Waals surface area (Å²) in [7, 11) is 0. The van der Waals surface area contributed by atoms with Gasteiger partial charge in [0.25, 0.3) is 0 Å². The number of carbonyl (C=O) groups excluding carboxylic acids is 1. The second kappa shape index (κ2) is 5.32. The van der Waals surface area contributed by atoms with E-state index in [2.05, 4.69) is 6.92 Å². The number of likely N-dealkylation sites (tertiary alicyclic amines) is 1. The Balaban J connectivity index is 1.88. The molecule has 3 heteroatoms. The molecule has 1 aromatic rings. The predicted molar refractivity (Wildman–Crippen MR) is 66.4 cm³/mol. The van der Waals surface area contributed by atoms with E-state index in [1.165, 1.54) is 0 Å². The number of hydrogen-bond donors (Lipinski definition) is 0. The fourth-order valence-corrected chi connectivity index (χ4v) is 2.09. The normalized spacial score (nSPS) is 21.9. The summed E-state index contributed by atoms with van der Waals surface area (Å²) >= 11 is 0. The molecule has 2 atom stereocenters. The molecule has 0 radical (unpaired) electrons. The summed E-state index contributed by atoms with van der Waals surface area (Å²) in [6.07, 6.45) is 1.63. The number of nitrogens with zero attached hydrogens (tertiary/aromatic N) is 1. The summed E-state index contributed by atoms with van der Waals surface area (Å²) in [4.78, 5) is 13.4. The van der Waals surface area contributed by atoms with Crippen LogP contribution in [0.5, 0.6) is 0 Å². The van der Waals surface area contributed by atoms with E-state index in [1.807, 2.05) is 42.2 Å². The van der Waals surface area contributed by atoms with Gasteiger partial charge in [-0.15, -0.1) is 0 Å². The predicted octanol–water partition coefficient (Wildman–Crippen LogP) is 2.73. The van der Waals surface area contributed by atoms with E-state index in [-0.39, 0.29) is 12.0 Å². The minimum Gasteiger partial charge on any atom is -0.353 e. The first-order chi connectivity index (χ1) is 8.18. The van der Waals surface area contributed by atoms with Crippen molar-refractivity contribution in [3.05, 3.63) is 35.9 Å². The van der Waals surface area contributed by atoms with Gasteiger partial charge in [-0.05, 0) is 25.8 Å². The molecule has 1 heterocycles. The molecular weight excluding hydrogens is 214 g/mol. The zero-order valence-electron chi connectivity index (χ0n) is 10.4. The van der Waals surface area contributed by atoms with Crippen LogP contribution in [0.2, 0.25) is 0 Å². The van der Waals surface area contributed by atoms with Crippen LogP contribution in [0.25, 0.3) is 0 Å². The van der Waals surface area contributed by atoms with Gasteiger partial charge >= 0.3 is 0 Å². The van der Waals surface area contributed by atoms with Gasteiger partial charge in [-0.1, -0.05) is 30.3 Å². The summed E-state index contributed by atoms with van der Waals surface area (Å²) < 4.78 is 5.76. The van der Waals surface area contributed by atoms with Crippen LogP contribution < -0.4 is 0 Å². The smallest absolute Gasteiger partial charge is 0.224 e. The van der Waals surface area contributed by atoms with E-state index in [9.17, 15) is 4.79 Å². The largest absolute Gasteiger partial charge is 0.353 e. The van der Waals surface area contributed by atoms with E-state index in [1.54, 1.807) is 0 Å². The van der Waals surface area contributed by atoms with Crippen LogP contribution in [0.15, 0.2) is 30.3 Å². The molecule has 0 bridgehead atoms. The molecule has 0 spiro atoms. The minimum atomic E-state index is 0.0248. The molecule has 0 saturated carbocycles. The molecule has 1 aliphatic heterocycles. The molecule has 1 aliphatic rings. The van der Waals surface area contributed by atoms with Crippen molar-refractivity contribution in [1.29, 1.82) is 0 Å². The molecule has 1 amide bonds. The lowest BCUT2D eigenvalue weighted by Gasteiger charge is -2.24. The van der Waals surface area contributed by atoms with Gasteiger partial charge in [-0.2, -0.15) is 0 Å². The fraction of sp³-hybridized carbons (Fsp3) is 0.500. The third-order valence-electron chi connectivity index (χ3n) is 3.36. The first-order valence-electron chi connectivity index (χ1n) is 6.14. The van der Waals surface area contributed by atoms with Crippen molar-refractivity contribution in [1.82, 2.24) is 4.90 Å². The van der Waals surface area contributed by atoms with Crippen molar-refractivity contribution < 1.29 is 9.53 Å². The third kappa shape index (κ3) is 2.86. The first kappa shape index (κ1) is 12.1. The fourth-order valence-electron chi connectivity index (χ4n) is 2.09. The van der Waals surface area contributed by atoms with Crippen LogP contribution in [0.3, 0.4) is 0 Å². The Hall–Kier alpha value is -1.35. The molecule has 0 unspecified atom stereocenters. The van der Waals surface area contributed by atoms with Crippen molar-refractivity contribution >= 4 is 5.91 Å². The van der Waals surface area contributed by atoms with E-state index in [4.69, 9.17) is 4.74 Å². The monoisotopic (exact) mass is 233 g/mol. The lowest BCUT2D eigenvalue weighted by Crippen LogP contribution is -2.33. The lowest BCUT2D eigenvalue weighted by atomic mass is 10.1. The molecule has 1 aromatic carbocycles. The van der Waals surface area contributed by atoms with Crippen molar-refractivity contribution in [3.63, 3.8) is 0 Å². The summed E-state index contributed by atoms with van der Waals surface area (Å²) in [6, 6.07) is 10.4. The number of hydrogen-bond acceptors (Lipinski definition) is 2. The number of amides is 1. The van der Waals surface area contributed by atoms with Crippen LogP contribution in [-0.4, -0.2) is 23.6 Å². The zero-order valence-corrected chi connectivity index (χ0v) is 10.4. The zero-order chi connectivity index (χ0) is 12.3. The Kier molecular flexibility index (Phi) is 3.79. The second-order valence-electron chi connectivity index (χ2n) is 4.60. The average molecular weight is 233 g/mol. The number of ether oxygens (including phenoxy) is 1. The summed E-state index contributed by atoms with van der Waals surface area (Å²) in [5, 5.41) is 0. The Morgan fingerprint density at radius 2 is 2.12 bits per heavy atom. The highest BCUT2D eigenvalue weighted by molar-refractivity contribution is 5.78. The Morgan fingerprint density at radius 3 is 2.71 bits per heavy atom. The molecule has 0 aromatic heterocycles. The lowest BCUT2D eigenvalue weighted by molar-refractivity contribution is -0.136. The molecule has 2 rings (SSSR count). The van der Waals surface area contributed by atoms with Crippen molar-refractivity contribution in [3.8, 4) is 0 Å². The van der Waals surface area contributed by atoms with Gasteiger partial charge in [-0.3, -0.25) is 4.79 Å². The van der Waals surface area contributed by atoms with Crippen LogP contribution in [0.1, 0.15) is 38.4 Å². The maximum absolute atomic E-state index is 11.6. The molecule has 0 N–H and O–H groups in total. The van der Waals surface area contributed by atoms with Crippen LogP contribution in [0, 0.1) is 0 Å². The van der Waals surface area contributed by atoms with Crippen LogP contribution >= 0.6 is 0 Å². The van der Waals surface area contributed by atoms with Gasteiger partial charge in [0.15, 0.2) is 0 Å². The van der Waals surface area contributed by atoms with Gasteiger partial charge in [0.05, 0.1) is 6.10 Å². The molecule has 17 heavy (non-hydrogen) atoms. The second-order valence-corrected chi connectivity index (χ2v) is 4.60. The van der Waals surface area contributed by atoms with Crippen molar-refractivity contribution in [2.75, 3.05) is 6.73 Å². The summed E-state index contributed by atoms with van der Waals surface area (Å²) in [5.41, 5.74) is 1.15. The highest BCUT2D eigenvalue weighted by atomic mass is 16.5. The van der Waals surface area contributed by atoms with Crippen LogP contribution in [-0.2, 0) is 9.53 Å². The summed E-state index contributed by atoms with van der Waals surface area (Å²) in [6.45, 7) is 4.48. The van der Waals surface area contributed by atoms with E-state index < -0.39 is 0 Å². The van der Waals surface area contributed by atoms with Gasteiger partial charge < -0.3 is 9.64 Å². The average Bonchev–Trinajstić information content (AvgIpc) is 2.67. The van der Waals surface area contributed by atoms with Gasteiger partial charge in [-0.25, -0.2) is 0 Å². The third-order valence-corrected chi connectivity index (χ3v) is 3.36. The van der Waals surface area contributed by atoms with Crippen molar-refractivity contribution in [2.24, 2.45) is 0 Å². The molecule has 0 aliphatic carbocycles. The molecule has 3 nitrogen and oxygen atoms in total. The van der Waals surface area contributed by atoms with E-state index in [0.717, 1.165) is 12.0 Å². The Morgan fingerprint density at radius 1 is 1.41 bits per heavy atom.